The van der Waals surface area contributed by atoms with Crippen molar-refractivity contribution in [2.75, 3.05) is 30.9 Å². The Bertz CT molecular complexity index is 810. The van der Waals surface area contributed by atoms with Crippen molar-refractivity contribution in [2.45, 2.75) is 6.92 Å². The Hall–Kier alpha value is -2.61. The van der Waals surface area contributed by atoms with E-state index in [1.165, 1.54) is 25.3 Å². The number of methoxy groups -OCH3 is 1. The number of carbonyl (C=O) groups is 1. The Kier molecular flexibility index (Phi) is 5.97. The summed E-state index contributed by atoms with van der Waals surface area (Å²) in [5.74, 6) is -0.0140. The molecule has 25 heavy (non-hydrogen) atoms. The van der Waals surface area contributed by atoms with Gasteiger partial charge in [0.15, 0.2) is 0 Å². The Labute approximate surface area is 153 Å². The molecule has 8 heteroatoms. The van der Waals surface area contributed by atoms with Crippen LogP contribution in [-0.4, -0.2) is 31.5 Å². The third-order valence-corrected chi connectivity index (χ3v) is 4.52. The number of anilines is 2. The minimum atomic E-state index is -0.516. The second kappa shape index (κ2) is 7.98. The molecule has 0 aromatic heterocycles. The lowest BCUT2D eigenvalue weighted by Gasteiger charge is -2.20. The quantitative estimate of drug-likeness (QED) is 0.582. The maximum Gasteiger partial charge on any atom is 0.273 e. The predicted molar refractivity (Wildman–Crippen MR) is 100 cm³/mol. The number of hydrogen-bond acceptors (Lipinski definition) is 5. The number of carbonyl (C=O) groups excluding carboxylic acids is 1. The van der Waals surface area contributed by atoms with Gasteiger partial charge in [0.05, 0.1) is 30.3 Å². The molecule has 0 bridgehead atoms. The molecule has 1 N–H and O–H groups in total. The van der Waals surface area contributed by atoms with E-state index in [2.05, 4.69) is 21.2 Å². The van der Waals surface area contributed by atoms with E-state index in [1.54, 1.807) is 0 Å². The van der Waals surface area contributed by atoms with Crippen molar-refractivity contribution in [1.29, 1.82) is 0 Å². The Morgan fingerprint density at radius 1 is 1.32 bits per heavy atom. The zero-order valence-corrected chi connectivity index (χ0v) is 15.7. The molecule has 0 saturated carbocycles. The Morgan fingerprint density at radius 3 is 2.64 bits per heavy atom. The summed E-state index contributed by atoms with van der Waals surface area (Å²) in [5, 5.41) is 13.5. The highest BCUT2D eigenvalue weighted by Crippen LogP contribution is 2.29. The van der Waals surface area contributed by atoms with E-state index in [1.807, 2.05) is 37.1 Å². The molecule has 1 amide bonds. The van der Waals surface area contributed by atoms with Gasteiger partial charge in [-0.15, -0.1) is 0 Å². The van der Waals surface area contributed by atoms with Crippen molar-refractivity contribution in [3.05, 3.63) is 56.5 Å². The zero-order chi connectivity index (χ0) is 18.6. The third kappa shape index (κ3) is 4.69. The summed E-state index contributed by atoms with van der Waals surface area (Å²) >= 11 is 3.45. The normalized spacial score (nSPS) is 10.2. The van der Waals surface area contributed by atoms with Crippen molar-refractivity contribution in [2.24, 2.45) is 0 Å². The van der Waals surface area contributed by atoms with Gasteiger partial charge >= 0.3 is 0 Å². The van der Waals surface area contributed by atoms with Gasteiger partial charge in [-0.3, -0.25) is 14.9 Å². The van der Waals surface area contributed by atoms with Crippen LogP contribution in [0, 0.1) is 17.0 Å². The highest BCUT2D eigenvalue weighted by atomic mass is 79.9. The van der Waals surface area contributed by atoms with Gasteiger partial charge in [0.2, 0.25) is 5.91 Å². The summed E-state index contributed by atoms with van der Waals surface area (Å²) in [4.78, 5) is 24.4. The molecule has 0 aliphatic heterocycles. The molecular weight excluding hydrogens is 390 g/mol. The number of halogens is 1. The number of likely N-dealkylation sites (N-methyl/N-ethyl adjacent to an activating group) is 1. The van der Waals surface area contributed by atoms with Crippen LogP contribution in [0.15, 0.2) is 40.9 Å². The molecule has 2 rings (SSSR count). The summed E-state index contributed by atoms with van der Waals surface area (Å²) in [6.45, 7) is 2.10. The first kappa shape index (κ1) is 18.7. The van der Waals surface area contributed by atoms with Crippen LogP contribution in [0.3, 0.4) is 0 Å². The Balaban J connectivity index is 2.09. The number of aryl methyl sites for hydroxylation is 1. The van der Waals surface area contributed by atoms with Gasteiger partial charge in [0, 0.05) is 23.3 Å². The molecule has 0 aliphatic rings. The average Bonchev–Trinajstić information content (AvgIpc) is 2.57. The summed E-state index contributed by atoms with van der Waals surface area (Å²) < 4.78 is 6.12. The molecule has 0 aliphatic carbocycles. The lowest BCUT2D eigenvalue weighted by atomic mass is 10.2. The lowest BCUT2D eigenvalue weighted by Crippen LogP contribution is -2.30. The molecule has 0 fully saturated rings. The van der Waals surface area contributed by atoms with Crippen LogP contribution in [0.25, 0.3) is 0 Å². The number of nitrogens with zero attached hydrogens (tertiary/aromatic N) is 2. The van der Waals surface area contributed by atoms with Gasteiger partial charge in [-0.25, -0.2) is 0 Å². The van der Waals surface area contributed by atoms with Gasteiger partial charge in [-0.1, -0.05) is 15.9 Å². The molecule has 132 valence electrons. The summed E-state index contributed by atoms with van der Waals surface area (Å²) in [7, 11) is 3.21. The molecule has 0 heterocycles. The van der Waals surface area contributed by atoms with E-state index >= 15 is 0 Å². The first-order valence-corrected chi connectivity index (χ1v) is 8.20. The summed E-state index contributed by atoms with van der Waals surface area (Å²) in [6.07, 6.45) is 0. The molecular formula is C17H18BrN3O4. The zero-order valence-electron chi connectivity index (χ0n) is 14.1. The highest BCUT2D eigenvalue weighted by molar-refractivity contribution is 9.10. The van der Waals surface area contributed by atoms with Gasteiger partial charge in [0.25, 0.3) is 5.69 Å². The molecule has 7 nitrogen and oxygen atoms in total. The standard InChI is InChI=1S/C17H18BrN3O4/c1-11-8-12(4-6-14(11)18)20(2)10-17(22)19-15-7-5-13(21(23)24)9-16(15)25-3/h4-9H,10H2,1-3H3,(H,19,22). The lowest BCUT2D eigenvalue weighted by molar-refractivity contribution is -0.384. The van der Waals surface area contributed by atoms with E-state index in [0.29, 0.717) is 5.69 Å². The van der Waals surface area contributed by atoms with Crippen LogP contribution >= 0.6 is 15.9 Å². The van der Waals surface area contributed by atoms with Crippen molar-refractivity contribution in [1.82, 2.24) is 0 Å². The number of non-ortho nitro benzene ring substituents is 1. The van der Waals surface area contributed by atoms with E-state index in [9.17, 15) is 14.9 Å². The van der Waals surface area contributed by atoms with E-state index in [4.69, 9.17) is 4.74 Å². The van der Waals surface area contributed by atoms with Crippen LogP contribution in [0.5, 0.6) is 5.75 Å². The van der Waals surface area contributed by atoms with Gasteiger partial charge in [-0.05, 0) is 36.8 Å². The second-order valence-electron chi connectivity index (χ2n) is 5.48. The molecule has 0 atom stereocenters. The second-order valence-corrected chi connectivity index (χ2v) is 6.33. The van der Waals surface area contributed by atoms with Crippen LogP contribution in [0.4, 0.5) is 17.1 Å². The largest absolute Gasteiger partial charge is 0.494 e. The van der Waals surface area contributed by atoms with E-state index < -0.39 is 4.92 Å². The number of rotatable bonds is 6. The van der Waals surface area contributed by atoms with E-state index in [-0.39, 0.29) is 23.9 Å². The number of nitrogens with one attached hydrogen (secondary N) is 1. The maximum absolute atomic E-state index is 12.3. The molecule has 0 saturated heterocycles. The van der Waals surface area contributed by atoms with Crippen molar-refractivity contribution in [3.63, 3.8) is 0 Å². The molecule has 2 aromatic carbocycles. The first-order chi connectivity index (χ1) is 11.8. The number of nitro benzene ring substituents is 1. The van der Waals surface area contributed by atoms with Gasteiger partial charge in [-0.2, -0.15) is 0 Å². The monoisotopic (exact) mass is 407 g/mol. The molecule has 0 spiro atoms. The molecule has 2 aromatic rings. The van der Waals surface area contributed by atoms with Crippen molar-refractivity contribution in [3.8, 4) is 5.75 Å². The SMILES string of the molecule is COc1cc([N+](=O)[O-])ccc1NC(=O)CN(C)c1ccc(Br)c(C)c1. The predicted octanol–water partition coefficient (Wildman–Crippen LogP) is 3.75. The smallest absolute Gasteiger partial charge is 0.273 e. The molecule has 0 unspecified atom stereocenters. The van der Waals surface area contributed by atoms with Crippen LogP contribution in [0.2, 0.25) is 0 Å². The van der Waals surface area contributed by atoms with Crippen molar-refractivity contribution < 1.29 is 14.5 Å². The van der Waals surface area contributed by atoms with Gasteiger partial charge < -0.3 is 15.0 Å². The fourth-order valence-corrected chi connectivity index (χ4v) is 2.51. The van der Waals surface area contributed by atoms with Crippen LogP contribution in [-0.2, 0) is 4.79 Å². The third-order valence-electron chi connectivity index (χ3n) is 3.63. The van der Waals surface area contributed by atoms with E-state index in [0.717, 1.165) is 15.7 Å². The first-order valence-electron chi connectivity index (χ1n) is 7.41. The summed E-state index contributed by atoms with van der Waals surface area (Å²) in [5.41, 5.74) is 2.27. The minimum Gasteiger partial charge on any atom is -0.494 e. The molecule has 0 radical (unpaired) electrons. The number of nitro groups is 1. The van der Waals surface area contributed by atoms with Crippen LogP contribution < -0.4 is 15.0 Å². The minimum absolute atomic E-state index is 0.0997. The summed E-state index contributed by atoms with van der Waals surface area (Å²) in [6, 6.07) is 9.87. The number of benzene rings is 2. The fourth-order valence-electron chi connectivity index (χ4n) is 2.26. The number of ether oxygens (including phenoxy) is 1. The number of amides is 1. The van der Waals surface area contributed by atoms with Crippen LogP contribution in [0.1, 0.15) is 5.56 Å². The fraction of sp³-hybridized carbons (Fsp3) is 0.235. The topological polar surface area (TPSA) is 84.7 Å². The highest BCUT2D eigenvalue weighted by Gasteiger charge is 2.14. The van der Waals surface area contributed by atoms with Gasteiger partial charge in [0.1, 0.15) is 5.75 Å². The maximum atomic E-state index is 12.3. The van der Waals surface area contributed by atoms with Crippen molar-refractivity contribution >= 4 is 38.9 Å². The average molecular weight is 408 g/mol. The Morgan fingerprint density at radius 2 is 2.04 bits per heavy atom. The number of hydrogen-bond donors (Lipinski definition) is 1.